The lowest BCUT2D eigenvalue weighted by atomic mass is 9.98. The summed E-state index contributed by atoms with van der Waals surface area (Å²) in [5.74, 6) is 1.12. The van der Waals surface area contributed by atoms with E-state index in [1.807, 2.05) is 13.8 Å². The normalized spacial score (nSPS) is 11.2. The Labute approximate surface area is 95.9 Å². The zero-order valence-corrected chi connectivity index (χ0v) is 10.0. The highest BCUT2D eigenvalue weighted by atomic mass is 16.5. The van der Waals surface area contributed by atoms with Crippen LogP contribution in [0.2, 0.25) is 0 Å². The third-order valence-corrected chi connectivity index (χ3v) is 2.76. The maximum atomic E-state index is 10.1. The zero-order chi connectivity index (χ0) is 12.0. The molecule has 1 aromatic rings. The van der Waals surface area contributed by atoms with Crippen molar-refractivity contribution in [2.75, 3.05) is 19.0 Å². The van der Waals surface area contributed by atoms with Gasteiger partial charge >= 0.3 is 0 Å². The van der Waals surface area contributed by atoms with E-state index in [0.717, 1.165) is 0 Å². The Morgan fingerprint density at radius 3 is 2.44 bits per heavy atom. The number of rotatable bonds is 6. The summed E-state index contributed by atoms with van der Waals surface area (Å²) < 4.78 is 4.91. The molecule has 0 aliphatic heterocycles. The molecule has 0 bridgehead atoms. The molecular weight excluding hydrogens is 206 g/mol. The Morgan fingerprint density at radius 2 is 2.00 bits per heavy atom. The largest absolute Gasteiger partial charge is 0.480 e. The second-order valence-corrected chi connectivity index (χ2v) is 3.75. The summed E-state index contributed by atoms with van der Waals surface area (Å²) >= 11 is 0. The molecule has 0 saturated heterocycles. The van der Waals surface area contributed by atoms with Gasteiger partial charge in [0.15, 0.2) is 0 Å². The van der Waals surface area contributed by atoms with Gasteiger partial charge < -0.3 is 15.2 Å². The fourth-order valence-electron chi connectivity index (χ4n) is 1.28. The molecule has 0 saturated carbocycles. The zero-order valence-electron chi connectivity index (χ0n) is 10.0. The molecule has 2 N–H and O–H groups in total. The van der Waals surface area contributed by atoms with Gasteiger partial charge in [-0.05, 0) is 18.9 Å². The molecule has 0 spiro atoms. The summed E-state index contributed by atoms with van der Waals surface area (Å²) in [6.45, 7) is 4.40. The molecule has 90 valence electrons. The van der Waals surface area contributed by atoms with Crippen LogP contribution in [0.1, 0.15) is 26.7 Å². The van der Waals surface area contributed by atoms with Crippen molar-refractivity contribution < 1.29 is 9.84 Å². The second-order valence-electron chi connectivity index (χ2n) is 3.75. The van der Waals surface area contributed by atoms with E-state index >= 15 is 0 Å². The number of nitrogens with zero attached hydrogens (tertiary/aromatic N) is 2. The van der Waals surface area contributed by atoms with Gasteiger partial charge in [-0.1, -0.05) is 13.8 Å². The summed E-state index contributed by atoms with van der Waals surface area (Å²) in [6, 6.07) is 3.50. The fourth-order valence-corrected chi connectivity index (χ4v) is 1.28. The molecule has 0 aromatic carbocycles. The Bertz CT molecular complexity index is 310. The van der Waals surface area contributed by atoms with Gasteiger partial charge in [-0.25, -0.2) is 0 Å². The summed E-state index contributed by atoms with van der Waals surface area (Å²) in [7, 11) is 1.55. The van der Waals surface area contributed by atoms with Crippen LogP contribution < -0.4 is 10.1 Å². The van der Waals surface area contributed by atoms with E-state index in [2.05, 4.69) is 15.5 Å². The average Bonchev–Trinajstić information content (AvgIpc) is 2.36. The minimum Gasteiger partial charge on any atom is -0.480 e. The first-order valence-corrected chi connectivity index (χ1v) is 5.47. The Kier molecular flexibility index (Phi) is 4.49. The number of aromatic nitrogens is 2. The highest BCUT2D eigenvalue weighted by molar-refractivity contribution is 5.34. The molecule has 16 heavy (non-hydrogen) atoms. The summed E-state index contributed by atoms with van der Waals surface area (Å²) in [6.07, 6.45) is 1.42. The molecule has 0 fully saturated rings. The van der Waals surface area contributed by atoms with Crippen molar-refractivity contribution in [2.24, 2.45) is 0 Å². The van der Waals surface area contributed by atoms with E-state index in [4.69, 9.17) is 4.74 Å². The van der Waals surface area contributed by atoms with Gasteiger partial charge in [0, 0.05) is 12.6 Å². The van der Waals surface area contributed by atoms with E-state index in [9.17, 15) is 5.11 Å². The molecule has 0 unspecified atom stereocenters. The lowest BCUT2D eigenvalue weighted by molar-refractivity contribution is 0.0456. The number of ether oxygens (including phenoxy) is 1. The van der Waals surface area contributed by atoms with Crippen molar-refractivity contribution in [3.05, 3.63) is 12.1 Å². The Balaban J connectivity index is 2.54. The summed E-state index contributed by atoms with van der Waals surface area (Å²) in [4.78, 5) is 0. The molecule has 1 rings (SSSR count). The Hall–Kier alpha value is -1.36. The second kappa shape index (κ2) is 5.65. The number of hydrogen-bond donors (Lipinski definition) is 2. The monoisotopic (exact) mass is 225 g/mol. The molecular formula is C11H19N3O2. The van der Waals surface area contributed by atoms with E-state index in [1.165, 1.54) is 0 Å². The number of hydrogen-bond acceptors (Lipinski definition) is 5. The van der Waals surface area contributed by atoms with Crippen LogP contribution in [0.15, 0.2) is 12.1 Å². The van der Waals surface area contributed by atoms with Crippen molar-refractivity contribution in [2.45, 2.75) is 32.3 Å². The van der Waals surface area contributed by atoms with Crippen LogP contribution in [0, 0.1) is 0 Å². The topological polar surface area (TPSA) is 67.3 Å². The number of anilines is 1. The molecule has 0 amide bonds. The number of methoxy groups -OCH3 is 1. The highest BCUT2D eigenvalue weighted by Gasteiger charge is 2.21. The maximum Gasteiger partial charge on any atom is 0.233 e. The molecule has 1 heterocycles. The SMILES string of the molecule is CCC(O)(CC)CNc1ccc(OC)nn1. The molecule has 0 aliphatic carbocycles. The molecule has 0 aliphatic rings. The van der Waals surface area contributed by atoms with E-state index in [0.29, 0.717) is 31.1 Å². The first-order valence-electron chi connectivity index (χ1n) is 5.47. The number of aliphatic hydroxyl groups is 1. The first-order chi connectivity index (χ1) is 7.63. The average molecular weight is 225 g/mol. The molecule has 5 heteroatoms. The van der Waals surface area contributed by atoms with Crippen molar-refractivity contribution in [1.29, 1.82) is 0 Å². The molecule has 5 nitrogen and oxygen atoms in total. The van der Waals surface area contributed by atoms with Crippen LogP contribution in [0.4, 0.5) is 5.82 Å². The predicted molar refractivity (Wildman–Crippen MR) is 62.6 cm³/mol. The molecule has 1 aromatic heterocycles. The van der Waals surface area contributed by atoms with E-state index in [1.54, 1.807) is 19.2 Å². The standard InChI is InChI=1S/C11H19N3O2/c1-4-11(15,5-2)8-12-9-6-7-10(16-3)14-13-9/h6-7,15H,4-5,8H2,1-3H3,(H,12,13). The van der Waals surface area contributed by atoms with Crippen LogP contribution in [0.3, 0.4) is 0 Å². The number of nitrogens with one attached hydrogen (secondary N) is 1. The smallest absolute Gasteiger partial charge is 0.233 e. The van der Waals surface area contributed by atoms with Crippen molar-refractivity contribution >= 4 is 5.82 Å². The van der Waals surface area contributed by atoms with Crippen molar-refractivity contribution in [3.8, 4) is 5.88 Å². The van der Waals surface area contributed by atoms with Crippen LogP contribution >= 0.6 is 0 Å². The first kappa shape index (κ1) is 12.7. The highest BCUT2D eigenvalue weighted by Crippen LogP contribution is 2.15. The quantitative estimate of drug-likeness (QED) is 0.767. The summed E-state index contributed by atoms with van der Waals surface area (Å²) in [5.41, 5.74) is -0.679. The van der Waals surface area contributed by atoms with Crippen molar-refractivity contribution in [3.63, 3.8) is 0 Å². The van der Waals surface area contributed by atoms with Gasteiger partial charge in [0.2, 0.25) is 5.88 Å². The van der Waals surface area contributed by atoms with Gasteiger partial charge in [0.25, 0.3) is 0 Å². The lowest BCUT2D eigenvalue weighted by Gasteiger charge is -2.25. The van der Waals surface area contributed by atoms with E-state index < -0.39 is 5.60 Å². The van der Waals surface area contributed by atoms with Crippen LogP contribution in [-0.4, -0.2) is 34.6 Å². The molecule has 0 radical (unpaired) electrons. The van der Waals surface area contributed by atoms with Gasteiger partial charge in [-0.2, -0.15) is 0 Å². The van der Waals surface area contributed by atoms with Gasteiger partial charge in [-0.3, -0.25) is 0 Å². The minimum absolute atomic E-state index is 0.473. The lowest BCUT2D eigenvalue weighted by Crippen LogP contribution is -2.35. The predicted octanol–water partition coefficient (Wildman–Crippen LogP) is 1.45. The third-order valence-electron chi connectivity index (χ3n) is 2.76. The molecule has 0 atom stereocenters. The van der Waals surface area contributed by atoms with Crippen molar-refractivity contribution in [1.82, 2.24) is 10.2 Å². The van der Waals surface area contributed by atoms with Gasteiger partial charge in [-0.15, -0.1) is 10.2 Å². The van der Waals surface area contributed by atoms with Crippen LogP contribution in [0.5, 0.6) is 5.88 Å². The summed E-state index contributed by atoms with van der Waals surface area (Å²) in [5, 5.41) is 20.9. The van der Waals surface area contributed by atoms with E-state index in [-0.39, 0.29) is 0 Å². The van der Waals surface area contributed by atoms with Gasteiger partial charge in [0.05, 0.1) is 12.7 Å². The van der Waals surface area contributed by atoms with Crippen LogP contribution in [0.25, 0.3) is 0 Å². The third kappa shape index (κ3) is 3.34. The Morgan fingerprint density at radius 1 is 1.31 bits per heavy atom. The maximum absolute atomic E-state index is 10.1. The minimum atomic E-state index is -0.679. The van der Waals surface area contributed by atoms with Gasteiger partial charge in [0.1, 0.15) is 5.82 Å². The fraction of sp³-hybridized carbons (Fsp3) is 0.636. The van der Waals surface area contributed by atoms with Crippen LogP contribution in [-0.2, 0) is 0 Å².